The van der Waals surface area contributed by atoms with Crippen LogP contribution in [0.3, 0.4) is 0 Å². The molecule has 0 radical (unpaired) electrons. The van der Waals surface area contributed by atoms with Crippen molar-refractivity contribution in [3.8, 4) is 5.75 Å². The van der Waals surface area contributed by atoms with Crippen molar-refractivity contribution in [3.05, 3.63) is 90.0 Å². The zero-order valence-corrected chi connectivity index (χ0v) is 15.6. The van der Waals surface area contributed by atoms with Gasteiger partial charge in [0.15, 0.2) is 0 Å². The zero-order chi connectivity index (χ0) is 18.6. The van der Waals surface area contributed by atoms with Crippen LogP contribution in [0.15, 0.2) is 83.8 Å². The third kappa shape index (κ3) is 3.89. The van der Waals surface area contributed by atoms with Gasteiger partial charge in [0, 0.05) is 0 Å². The van der Waals surface area contributed by atoms with Crippen molar-refractivity contribution in [2.45, 2.75) is 18.4 Å². The summed E-state index contributed by atoms with van der Waals surface area (Å²) in [5, 5.41) is 0. The van der Waals surface area contributed by atoms with Crippen LogP contribution < -0.4 is 9.04 Å². The predicted molar refractivity (Wildman–Crippen MR) is 104 cm³/mol. The van der Waals surface area contributed by atoms with Crippen molar-refractivity contribution >= 4 is 15.7 Å². The lowest BCUT2D eigenvalue weighted by Gasteiger charge is -2.25. The highest BCUT2D eigenvalue weighted by Gasteiger charge is 2.25. The molecule has 4 nitrogen and oxygen atoms in total. The van der Waals surface area contributed by atoms with E-state index < -0.39 is 10.0 Å². The van der Waals surface area contributed by atoms with Crippen LogP contribution in [0.5, 0.6) is 5.75 Å². The summed E-state index contributed by atoms with van der Waals surface area (Å²) < 4.78 is 33.2. The van der Waals surface area contributed by atoms with Gasteiger partial charge in [-0.05, 0) is 48.9 Å². The first-order valence-electron chi connectivity index (χ1n) is 8.28. The molecule has 0 aromatic heterocycles. The van der Waals surface area contributed by atoms with Crippen molar-refractivity contribution in [1.29, 1.82) is 0 Å². The number of hydrogen-bond acceptors (Lipinski definition) is 3. The second-order valence-corrected chi connectivity index (χ2v) is 7.87. The minimum absolute atomic E-state index is 0.231. The van der Waals surface area contributed by atoms with Crippen LogP contribution in [0.1, 0.15) is 11.1 Å². The largest absolute Gasteiger partial charge is 0.497 e. The number of rotatable bonds is 6. The number of ether oxygens (including phenoxy) is 1. The maximum Gasteiger partial charge on any atom is 0.264 e. The number of aryl methyl sites for hydroxylation is 1. The molecule has 0 saturated heterocycles. The molecule has 0 N–H and O–H groups in total. The van der Waals surface area contributed by atoms with E-state index in [-0.39, 0.29) is 11.4 Å². The molecule has 0 aliphatic carbocycles. The average Bonchev–Trinajstić information content (AvgIpc) is 2.68. The number of nitrogens with zero attached hydrogens (tertiary/aromatic N) is 1. The lowest BCUT2D eigenvalue weighted by molar-refractivity contribution is 0.414. The number of benzene rings is 3. The van der Waals surface area contributed by atoms with E-state index in [0.717, 1.165) is 11.1 Å². The molecule has 0 aliphatic rings. The maximum atomic E-state index is 13.3. The van der Waals surface area contributed by atoms with Gasteiger partial charge in [0.25, 0.3) is 10.0 Å². The van der Waals surface area contributed by atoms with Gasteiger partial charge in [-0.25, -0.2) is 8.42 Å². The molecule has 3 rings (SSSR count). The van der Waals surface area contributed by atoms with Crippen molar-refractivity contribution < 1.29 is 13.2 Å². The molecule has 5 heteroatoms. The van der Waals surface area contributed by atoms with E-state index >= 15 is 0 Å². The quantitative estimate of drug-likeness (QED) is 0.649. The highest BCUT2D eigenvalue weighted by Crippen LogP contribution is 2.27. The molecular formula is C21H21NO3S. The highest BCUT2D eigenvalue weighted by atomic mass is 32.2. The molecule has 0 unspecified atom stereocenters. The molecule has 0 spiro atoms. The van der Waals surface area contributed by atoms with Crippen molar-refractivity contribution in [3.63, 3.8) is 0 Å². The first-order chi connectivity index (χ1) is 12.5. The summed E-state index contributed by atoms with van der Waals surface area (Å²) in [6.45, 7) is 2.24. The fourth-order valence-corrected chi connectivity index (χ4v) is 4.10. The topological polar surface area (TPSA) is 46.6 Å². The number of anilines is 1. The molecule has 134 valence electrons. The van der Waals surface area contributed by atoms with Crippen molar-refractivity contribution in [2.24, 2.45) is 0 Å². The fourth-order valence-electron chi connectivity index (χ4n) is 2.65. The SMILES string of the molecule is COc1ccc(S(=O)(=O)N(Cc2ccccc2)c2ccc(C)cc2)cc1. The van der Waals surface area contributed by atoms with Gasteiger partial charge in [0.1, 0.15) is 5.75 Å². The molecule has 26 heavy (non-hydrogen) atoms. The van der Waals surface area contributed by atoms with Gasteiger partial charge in [-0.1, -0.05) is 48.0 Å². The summed E-state index contributed by atoms with van der Waals surface area (Å²) in [4.78, 5) is 0.231. The summed E-state index contributed by atoms with van der Waals surface area (Å²) in [5.74, 6) is 0.619. The number of methoxy groups -OCH3 is 1. The number of hydrogen-bond donors (Lipinski definition) is 0. The third-order valence-electron chi connectivity index (χ3n) is 4.14. The van der Waals surface area contributed by atoms with E-state index in [1.165, 1.54) is 4.31 Å². The molecule has 0 atom stereocenters. The summed E-state index contributed by atoms with van der Waals surface area (Å²) in [5.41, 5.74) is 2.63. The van der Waals surface area contributed by atoms with Crippen molar-refractivity contribution in [2.75, 3.05) is 11.4 Å². The van der Waals surface area contributed by atoms with Gasteiger partial charge in [-0.3, -0.25) is 4.31 Å². The van der Waals surface area contributed by atoms with Crippen LogP contribution in [0.4, 0.5) is 5.69 Å². The molecule has 3 aromatic carbocycles. The maximum absolute atomic E-state index is 13.3. The Labute approximate surface area is 154 Å². The van der Waals surface area contributed by atoms with E-state index in [1.54, 1.807) is 31.4 Å². The van der Waals surface area contributed by atoms with E-state index in [4.69, 9.17) is 4.74 Å². The molecule has 0 heterocycles. The molecular weight excluding hydrogens is 346 g/mol. The normalized spacial score (nSPS) is 11.2. The summed E-state index contributed by atoms with van der Waals surface area (Å²) in [7, 11) is -2.16. The lowest BCUT2D eigenvalue weighted by Crippen LogP contribution is -2.30. The monoisotopic (exact) mass is 367 g/mol. The minimum Gasteiger partial charge on any atom is -0.497 e. The average molecular weight is 367 g/mol. The zero-order valence-electron chi connectivity index (χ0n) is 14.8. The van der Waals surface area contributed by atoms with Gasteiger partial charge in [0.05, 0.1) is 24.2 Å². The Balaban J connectivity index is 2.04. The standard InChI is InChI=1S/C21H21NO3S/c1-17-8-10-19(11-9-17)22(16-18-6-4-3-5-7-18)26(23,24)21-14-12-20(25-2)13-15-21/h3-15H,16H2,1-2H3. The van der Waals surface area contributed by atoms with Crippen LogP contribution in [0, 0.1) is 6.92 Å². The summed E-state index contributed by atoms with van der Waals surface area (Å²) >= 11 is 0. The molecule has 0 aliphatic heterocycles. The van der Waals surface area contributed by atoms with Gasteiger partial charge in [-0.15, -0.1) is 0 Å². The molecule has 0 bridgehead atoms. The Hall–Kier alpha value is -2.79. The molecule has 0 fully saturated rings. The van der Waals surface area contributed by atoms with Crippen LogP contribution in [0.25, 0.3) is 0 Å². The predicted octanol–water partition coefficient (Wildman–Crippen LogP) is 4.40. The number of sulfonamides is 1. The minimum atomic E-state index is -3.71. The Bertz CT molecular complexity index is 950. The van der Waals surface area contributed by atoms with E-state index in [0.29, 0.717) is 11.4 Å². The smallest absolute Gasteiger partial charge is 0.264 e. The van der Waals surface area contributed by atoms with Crippen LogP contribution in [0.2, 0.25) is 0 Å². The van der Waals surface area contributed by atoms with Gasteiger partial charge in [0.2, 0.25) is 0 Å². The third-order valence-corrected chi connectivity index (χ3v) is 5.93. The van der Waals surface area contributed by atoms with Crippen molar-refractivity contribution in [1.82, 2.24) is 0 Å². The molecule has 0 amide bonds. The van der Waals surface area contributed by atoms with Crippen LogP contribution in [-0.4, -0.2) is 15.5 Å². The molecule has 3 aromatic rings. The Morgan fingerprint density at radius 2 is 1.46 bits per heavy atom. The fraction of sp³-hybridized carbons (Fsp3) is 0.143. The van der Waals surface area contributed by atoms with Gasteiger partial charge in [-0.2, -0.15) is 0 Å². The highest BCUT2D eigenvalue weighted by molar-refractivity contribution is 7.92. The Morgan fingerprint density at radius 1 is 0.846 bits per heavy atom. The lowest BCUT2D eigenvalue weighted by atomic mass is 10.2. The van der Waals surface area contributed by atoms with Gasteiger partial charge >= 0.3 is 0 Å². The molecule has 0 saturated carbocycles. The Kier molecular flexibility index (Phi) is 5.28. The van der Waals surface area contributed by atoms with E-state index in [9.17, 15) is 8.42 Å². The first kappa shape index (κ1) is 18.0. The van der Waals surface area contributed by atoms with Crippen LogP contribution in [-0.2, 0) is 16.6 Å². The van der Waals surface area contributed by atoms with E-state index in [1.807, 2.05) is 61.5 Å². The second-order valence-electron chi connectivity index (χ2n) is 6.01. The van der Waals surface area contributed by atoms with E-state index in [2.05, 4.69) is 0 Å². The second kappa shape index (κ2) is 7.62. The van der Waals surface area contributed by atoms with Gasteiger partial charge < -0.3 is 4.74 Å². The summed E-state index contributed by atoms with van der Waals surface area (Å²) in [6.07, 6.45) is 0. The first-order valence-corrected chi connectivity index (χ1v) is 9.72. The summed E-state index contributed by atoms with van der Waals surface area (Å²) in [6, 6.07) is 23.5. The Morgan fingerprint density at radius 3 is 2.04 bits per heavy atom. The van der Waals surface area contributed by atoms with Crippen LogP contribution >= 0.6 is 0 Å².